The molecule has 90 valence electrons. The molecular formula is C12H25NO2. The van der Waals surface area contributed by atoms with Gasteiger partial charge in [-0.1, -0.05) is 20.3 Å². The van der Waals surface area contributed by atoms with E-state index in [1.54, 1.807) is 0 Å². The number of ether oxygens (including phenoxy) is 1. The number of hydrogen-bond donors (Lipinski definition) is 1. The standard InChI is InChI=1S/C12H25NO2/c1-4-10(2)7-13(3)8-12(14)11-5-6-15-9-11/h10-12,14H,4-9H2,1-3H3. The third-order valence-corrected chi connectivity index (χ3v) is 3.33. The van der Waals surface area contributed by atoms with Crippen LogP contribution in [-0.2, 0) is 4.74 Å². The molecule has 0 bridgehead atoms. The minimum atomic E-state index is -0.221. The molecule has 0 radical (unpaired) electrons. The lowest BCUT2D eigenvalue weighted by Gasteiger charge is -2.25. The van der Waals surface area contributed by atoms with Crippen molar-refractivity contribution in [2.75, 3.05) is 33.4 Å². The molecule has 3 nitrogen and oxygen atoms in total. The Bertz CT molecular complexity index is 169. The third kappa shape index (κ3) is 4.49. The van der Waals surface area contributed by atoms with Crippen LogP contribution in [0.5, 0.6) is 0 Å². The van der Waals surface area contributed by atoms with Crippen LogP contribution >= 0.6 is 0 Å². The summed E-state index contributed by atoms with van der Waals surface area (Å²) in [4.78, 5) is 2.23. The highest BCUT2D eigenvalue weighted by atomic mass is 16.5. The molecule has 0 aliphatic carbocycles. The summed E-state index contributed by atoms with van der Waals surface area (Å²) in [7, 11) is 2.09. The smallest absolute Gasteiger partial charge is 0.0717 e. The van der Waals surface area contributed by atoms with Crippen LogP contribution in [0.3, 0.4) is 0 Å². The van der Waals surface area contributed by atoms with Gasteiger partial charge in [-0.2, -0.15) is 0 Å². The Labute approximate surface area is 93.4 Å². The number of aliphatic hydroxyl groups is 1. The lowest BCUT2D eigenvalue weighted by atomic mass is 10.0. The average molecular weight is 215 g/mol. The summed E-state index contributed by atoms with van der Waals surface area (Å²) in [5.74, 6) is 1.06. The Balaban J connectivity index is 2.20. The lowest BCUT2D eigenvalue weighted by Crippen LogP contribution is -2.36. The van der Waals surface area contributed by atoms with Gasteiger partial charge in [0.15, 0.2) is 0 Å². The molecule has 3 heteroatoms. The fourth-order valence-corrected chi connectivity index (χ4v) is 2.06. The van der Waals surface area contributed by atoms with Gasteiger partial charge in [-0.25, -0.2) is 0 Å². The number of nitrogens with zero attached hydrogens (tertiary/aromatic N) is 1. The summed E-state index contributed by atoms with van der Waals surface area (Å²) in [6.07, 6.45) is 1.99. The first-order valence-electron chi connectivity index (χ1n) is 6.07. The Morgan fingerprint density at radius 3 is 2.73 bits per heavy atom. The van der Waals surface area contributed by atoms with E-state index in [1.165, 1.54) is 6.42 Å². The van der Waals surface area contributed by atoms with Crippen molar-refractivity contribution in [3.05, 3.63) is 0 Å². The van der Waals surface area contributed by atoms with Crippen LogP contribution in [0.4, 0.5) is 0 Å². The number of aliphatic hydroxyl groups excluding tert-OH is 1. The van der Waals surface area contributed by atoms with Gasteiger partial charge in [0.2, 0.25) is 0 Å². The molecule has 15 heavy (non-hydrogen) atoms. The van der Waals surface area contributed by atoms with Gasteiger partial charge in [0.25, 0.3) is 0 Å². The molecule has 1 N–H and O–H groups in total. The summed E-state index contributed by atoms with van der Waals surface area (Å²) in [6, 6.07) is 0. The third-order valence-electron chi connectivity index (χ3n) is 3.33. The normalized spacial score (nSPS) is 25.8. The van der Waals surface area contributed by atoms with E-state index in [1.807, 2.05) is 0 Å². The van der Waals surface area contributed by atoms with Crippen molar-refractivity contribution in [2.45, 2.75) is 32.8 Å². The van der Waals surface area contributed by atoms with Gasteiger partial charge in [-0.15, -0.1) is 0 Å². The van der Waals surface area contributed by atoms with Crippen molar-refractivity contribution in [3.8, 4) is 0 Å². The topological polar surface area (TPSA) is 32.7 Å². The zero-order valence-electron chi connectivity index (χ0n) is 10.3. The Morgan fingerprint density at radius 2 is 2.20 bits per heavy atom. The summed E-state index contributed by atoms with van der Waals surface area (Å²) in [5, 5.41) is 9.98. The molecule has 1 heterocycles. The molecule has 0 amide bonds. The second-order valence-electron chi connectivity index (χ2n) is 4.93. The Hall–Kier alpha value is -0.120. The van der Waals surface area contributed by atoms with E-state index >= 15 is 0 Å². The molecule has 3 unspecified atom stereocenters. The van der Waals surface area contributed by atoms with E-state index in [0.717, 1.165) is 32.7 Å². The lowest BCUT2D eigenvalue weighted by molar-refractivity contribution is 0.0598. The minimum absolute atomic E-state index is 0.221. The van der Waals surface area contributed by atoms with Gasteiger partial charge >= 0.3 is 0 Å². The van der Waals surface area contributed by atoms with E-state index in [4.69, 9.17) is 4.74 Å². The number of hydrogen-bond acceptors (Lipinski definition) is 3. The predicted octanol–water partition coefficient (Wildman–Crippen LogP) is 1.36. The zero-order valence-corrected chi connectivity index (χ0v) is 10.3. The van der Waals surface area contributed by atoms with Crippen molar-refractivity contribution >= 4 is 0 Å². The molecule has 0 aromatic carbocycles. The van der Waals surface area contributed by atoms with Crippen molar-refractivity contribution in [2.24, 2.45) is 11.8 Å². The Morgan fingerprint density at radius 1 is 1.47 bits per heavy atom. The van der Waals surface area contributed by atoms with Crippen LogP contribution in [0.15, 0.2) is 0 Å². The van der Waals surface area contributed by atoms with Crippen molar-refractivity contribution in [1.29, 1.82) is 0 Å². The fourth-order valence-electron chi connectivity index (χ4n) is 2.06. The Kier molecular flexibility index (Phi) is 5.58. The van der Waals surface area contributed by atoms with Crippen LogP contribution in [0.25, 0.3) is 0 Å². The molecule has 1 saturated heterocycles. The number of likely N-dealkylation sites (N-methyl/N-ethyl adjacent to an activating group) is 1. The van der Waals surface area contributed by atoms with Crippen LogP contribution in [0.1, 0.15) is 26.7 Å². The molecule has 1 fully saturated rings. The quantitative estimate of drug-likeness (QED) is 0.726. The maximum Gasteiger partial charge on any atom is 0.0717 e. The van der Waals surface area contributed by atoms with Crippen LogP contribution in [0, 0.1) is 11.8 Å². The van der Waals surface area contributed by atoms with Gasteiger partial charge in [-0.3, -0.25) is 0 Å². The van der Waals surface area contributed by atoms with Gasteiger partial charge < -0.3 is 14.7 Å². The fraction of sp³-hybridized carbons (Fsp3) is 1.00. The molecule has 0 spiro atoms. The number of rotatable bonds is 6. The first kappa shape index (κ1) is 12.9. The first-order chi connectivity index (χ1) is 7.13. The molecule has 1 aliphatic rings. The van der Waals surface area contributed by atoms with E-state index in [0.29, 0.717) is 11.8 Å². The first-order valence-corrected chi connectivity index (χ1v) is 6.07. The summed E-state index contributed by atoms with van der Waals surface area (Å²) in [6.45, 7) is 7.86. The van der Waals surface area contributed by atoms with Gasteiger partial charge in [0.05, 0.1) is 12.7 Å². The van der Waals surface area contributed by atoms with Gasteiger partial charge in [-0.05, 0) is 19.4 Å². The minimum Gasteiger partial charge on any atom is -0.391 e. The van der Waals surface area contributed by atoms with Crippen molar-refractivity contribution in [1.82, 2.24) is 4.90 Å². The largest absolute Gasteiger partial charge is 0.391 e. The second-order valence-corrected chi connectivity index (χ2v) is 4.93. The molecule has 0 aromatic heterocycles. The maximum atomic E-state index is 9.98. The van der Waals surface area contributed by atoms with Crippen LogP contribution in [-0.4, -0.2) is 49.5 Å². The highest BCUT2D eigenvalue weighted by Gasteiger charge is 2.24. The second kappa shape index (κ2) is 6.46. The highest BCUT2D eigenvalue weighted by Crippen LogP contribution is 2.17. The molecule has 1 aliphatic heterocycles. The SMILES string of the molecule is CCC(C)CN(C)CC(O)C1CCOC1. The molecule has 0 aromatic rings. The van der Waals surface area contributed by atoms with E-state index in [2.05, 4.69) is 25.8 Å². The van der Waals surface area contributed by atoms with E-state index < -0.39 is 0 Å². The summed E-state index contributed by atoms with van der Waals surface area (Å²) >= 11 is 0. The zero-order chi connectivity index (χ0) is 11.3. The highest BCUT2D eigenvalue weighted by molar-refractivity contribution is 4.75. The molecule has 3 atom stereocenters. The molecular weight excluding hydrogens is 190 g/mol. The molecule has 0 saturated carbocycles. The van der Waals surface area contributed by atoms with Crippen LogP contribution < -0.4 is 0 Å². The summed E-state index contributed by atoms with van der Waals surface area (Å²) < 4.78 is 5.28. The van der Waals surface area contributed by atoms with Gasteiger partial charge in [0.1, 0.15) is 0 Å². The van der Waals surface area contributed by atoms with Crippen molar-refractivity contribution < 1.29 is 9.84 Å². The maximum absolute atomic E-state index is 9.98. The van der Waals surface area contributed by atoms with Crippen LogP contribution in [0.2, 0.25) is 0 Å². The van der Waals surface area contributed by atoms with Gasteiger partial charge in [0, 0.05) is 25.6 Å². The monoisotopic (exact) mass is 215 g/mol. The van der Waals surface area contributed by atoms with Crippen molar-refractivity contribution in [3.63, 3.8) is 0 Å². The predicted molar refractivity (Wildman–Crippen MR) is 61.9 cm³/mol. The van der Waals surface area contributed by atoms with E-state index in [-0.39, 0.29) is 6.10 Å². The molecule has 1 rings (SSSR count). The average Bonchev–Trinajstić information content (AvgIpc) is 2.70. The van der Waals surface area contributed by atoms with E-state index in [9.17, 15) is 5.11 Å². The summed E-state index contributed by atoms with van der Waals surface area (Å²) in [5.41, 5.74) is 0.